The maximum Gasteiger partial charge on any atom is 0.254 e. The van der Waals surface area contributed by atoms with Crippen molar-refractivity contribution in [2.45, 2.75) is 19.3 Å². The van der Waals surface area contributed by atoms with Crippen LogP contribution in [0.1, 0.15) is 29.6 Å². The van der Waals surface area contributed by atoms with Gasteiger partial charge in [-0.3, -0.25) is 9.59 Å². The number of likely N-dealkylation sites (tertiary alicyclic amines) is 1. The fourth-order valence-electron chi connectivity index (χ4n) is 3.09. The van der Waals surface area contributed by atoms with Crippen molar-refractivity contribution in [1.82, 2.24) is 10.2 Å². The molecule has 0 atom stereocenters. The molecule has 2 saturated heterocycles. The SMILES string of the molecule is O=C1CC2(CCN(C(=O)c3ccccc3I)CC2)CN1. The van der Waals surface area contributed by atoms with Gasteiger partial charge in [-0.05, 0) is 53.0 Å². The summed E-state index contributed by atoms with van der Waals surface area (Å²) in [4.78, 5) is 25.9. The lowest BCUT2D eigenvalue weighted by Gasteiger charge is -2.38. The van der Waals surface area contributed by atoms with Crippen molar-refractivity contribution >= 4 is 34.4 Å². The van der Waals surface area contributed by atoms with Crippen LogP contribution in [0.15, 0.2) is 24.3 Å². The van der Waals surface area contributed by atoms with Gasteiger partial charge in [0, 0.05) is 29.6 Å². The molecule has 1 aromatic rings. The van der Waals surface area contributed by atoms with Gasteiger partial charge in [-0.2, -0.15) is 0 Å². The van der Waals surface area contributed by atoms with Crippen molar-refractivity contribution in [3.8, 4) is 0 Å². The molecule has 0 radical (unpaired) electrons. The Balaban J connectivity index is 1.68. The lowest BCUT2D eigenvalue weighted by atomic mass is 9.77. The van der Waals surface area contributed by atoms with Crippen LogP contribution in [0.5, 0.6) is 0 Å². The molecule has 1 spiro atoms. The van der Waals surface area contributed by atoms with Crippen LogP contribution in [0.2, 0.25) is 0 Å². The number of nitrogens with one attached hydrogen (secondary N) is 1. The van der Waals surface area contributed by atoms with Crippen molar-refractivity contribution in [3.05, 3.63) is 33.4 Å². The highest BCUT2D eigenvalue weighted by atomic mass is 127. The summed E-state index contributed by atoms with van der Waals surface area (Å²) in [6, 6.07) is 7.69. The zero-order valence-corrected chi connectivity index (χ0v) is 13.4. The molecule has 2 aliphatic heterocycles. The summed E-state index contributed by atoms with van der Waals surface area (Å²) in [6.45, 7) is 2.27. The number of piperidine rings is 1. The fourth-order valence-corrected chi connectivity index (χ4v) is 3.71. The van der Waals surface area contributed by atoms with E-state index in [4.69, 9.17) is 0 Å². The quantitative estimate of drug-likeness (QED) is 0.754. The van der Waals surface area contributed by atoms with E-state index in [1.54, 1.807) is 0 Å². The van der Waals surface area contributed by atoms with E-state index in [0.717, 1.165) is 41.6 Å². The van der Waals surface area contributed by atoms with Gasteiger partial charge in [0.15, 0.2) is 0 Å². The molecule has 4 nitrogen and oxygen atoms in total. The molecule has 1 N–H and O–H groups in total. The summed E-state index contributed by atoms with van der Waals surface area (Å²) in [7, 11) is 0. The number of hydrogen-bond donors (Lipinski definition) is 1. The highest BCUT2D eigenvalue weighted by Gasteiger charge is 2.41. The Bertz CT molecular complexity index is 551. The first-order chi connectivity index (χ1) is 9.60. The van der Waals surface area contributed by atoms with Gasteiger partial charge in [0.2, 0.25) is 5.91 Å². The Morgan fingerprint density at radius 1 is 1.25 bits per heavy atom. The van der Waals surface area contributed by atoms with Gasteiger partial charge in [0.1, 0.15) is 0 Å². The van der Waals surface area contributed by atoms with Gasteiger partial charge in [0.05, 0.1) is 5.56 Å². The summed E-state index contributed by atoms with van der Waals surface area (Å²) in [5, 5.41) is 2.92. The molecule has 2 aliphatic rings. The van der Waals surface area contributed by atoms with Crippen LogP contribution >= 0.6 is 22.6 Å². The monoisotopic (exact) mass is 384 g/mol. The molecule has 0 unspecified atom stereocenters. The summed E-state index contributed by atoms with van der Waals surface area (Å²) < 4.78 is 0.994. The number of hydrogen-bond acceptors (Lipinski definition) is 2. The third-order valence-corrected chi connectivity index (χ3v) is 5.35. The molecule has 0 saturated carbocycles. The molecular weight excluding hydrogens is 367 g/mol. The minimum Gasteiger partial charge on any atom is -0.356 e. The van der Waals surface area contributed by atoms with E-state index >= 15 is 0 Å². The van der Waals surface area contributed by atoms with Crippen molar-refractivity contribution in [3.63, 3.8) is 0 Å². The second-order valence-electron chi connectivity index (χ2n) is 5.73. The van der Waals surface area contributed by atoms with Gasteiger partial charge in [-0.1, -0.05) is 12.1 Å². The number of halogens is 1. The molecule has 106 valence electrons. The standard InChI is InChI=1S/C15H17IN2O2/c16-12-4-2-1-3-11(12)14(20)18-7-5-15(6-8-18)9-13(19)17-10-15/h1-4H,5-10H2,(H,17,19). The van der Waals surface area contributed by atoms with Crippen LogP contribution in [0.25, 0.3) is 0 Å². The van der Waals surface area contributed by atoms with Crippen LogP contribution in [0.3, 0.4) is 0 Å². The number of nitrogens with zero attached hydrogens (tertiary/aromatic N) is 1. The third kappa shape index (κ3) is 2.55. The average Bonchev–Trinajstić information content (AvgIpc) is 2.81. The lowest BCUT2D eigenvalue weighted by Crippen LogP contribution is -2.44. The average molecular weight is 384 g/mol. The minimum absolute atomic E-state index is 0.0949. The second kappa shape index (κ2) is 5.35. The first-order valence-corrected chi connectivity index (χ1v) is 7.98. The fraction of sp³-hybridized carbons (Fsp3) is 0.467. The summed E-state index contributed by atoms with van der Waals surface area (Å²) in [6.07, 6.45) is 2.46. The zero-order valence-electron chi connectivity index (χ0n) is 11.2. The second-order valence-corrected chi connectivity index (χ2v) is 6.89. The van der Waals surface area contributed by atoms with Crippen LogP contribution < -0.4 is 5.32 Å². The van der Waals surface area contributed by atoms with E-state index in [0.29, 0.717) is 6.42 Å². The molecule has 0 aromatic heterocycles. The highest BCUT2D eigenvalue weighted by molar-refractivity contribution is 14.1. The van der Waals surface area contributed by atoms with Gasteiger partial charge >= 0.3 is 0 Å². The summed E-state index contributed by atoms with van der Waals surface area (Å²) in [5.41, 5.74) is 0.877. The van der Waals surface area contributed by atoms with Crippen LogP contribution in [0.4, 0.5) is 0 Å². The topological polar surface area (TPSA) is 49.4 Å². The number of amides is 2. The molecule has 0 aliphatic carbocycles. The minimum atomic E-state index is 0.0949. The van der Waals surface area contributed by atoms with Crippen LogP contribution in [0, 0.1) is 8.99 Å². The van der Waals surface area contributed by atoms with Crippen molar-refractivity contribution in [1.29, 1.82) is 0 Å². The summed E-state index contributed by atoms with van der Waals surface area (Å²) in [5.74, 6) is 0.268. The first-order valence-electron chi connectivity index (χ1n) is 6.90. The van der Waals surface area contributed by atoms with Crippen molar-refractivity contribution in [2.24, 2.45) is 5.41 Å². The molecule has 2 fully saturated rings. The van der Waals surface area contributed by atoms with E-state index in [1.807, 2.05) is 29.2 Å². The molecular formula is C15H17IN2O2. The van der Waals surface area contributed by atoms with Crippen LogP contribution in [-0.4, -0.2) is 36.3 Å². The maximum atomic E-state index is 12.5. The van der Waals surface area contributed by atoms with Crippen LogP contribution in [-0.2, 0) is 4.79 Å². The van der Waals surface area contributed by atoms with E-state index in [9.17, 15) is 9.59 Å². The lowest BCUT2D eigenvalue weighted by molar-refractivity contribution is -0.119. The van der Waals surface area contributed by atoms with Gasteiger partial charge in [-0.15, -0.1) is 0 Å². The molecule has 2 amide bonds. The van der Waals surface area contributed by atoms with E-state index < -0.39 is 0 Å². The Morgan fingerprint density at radius 3 is 2.55 bits per heavy atom. The number of benzene rings is 1. The molecule has 3 rings (SSSR count). The Morgan fingerprint density at radius 2 is 1.95 bits per heavy atom. The Labute approximate surface area is 132 Å². The molecule has 20 heavy (non-hydrogen) atoms. The normalized spacial score (nSPS) is 21.1. The van der Waals surface area contributed by atoms with E-state index in [-0.39, 0.29) is 17.2 Å². The highest BCUT2D eigenvalue weighted by Crippen LogP contribution is 2.37. The van der Waals surface area contributed by atoms with E-state index in [1.165, 1.54) is 0 Å². The van der Waals surface area contributed by atoms with Gasteiger partial charge in [0.25, 0.3) is 5.91 Å². The number of rotatable bonds is 1. The third-order valence-electron chi connectivity index (χ3n) is 4.41. The van der Waals surface area contributed by atoms with E-state index in [2.05, 4.69) is 27.9 Å². The largest absolute Gasteiger partial charge is 0.356 e. The molecule has 1 aromatic carbocycles. The number of carbonyl (C=O) groups is 2. The zero-order chi connectivity index (χ0) is 14.2. The Kier molecular flexibility index (Phi) is 3.70. The van der Waals surface area contributed by atoms with Gasteiger partial charge in [-0.25, -0.2) is 0 Å². The molecule has 5 heteroatoms. The smallest absolute Gasteiger partial charge is 0.254 e. The predicted molar refractivity (Wildman–Crippen MR) is 84.4 cm³/mol. The maximum absolute atomic E-state index is 12.5. The first kappa shape index (κ1) is 13.9. The predicted octanol–water partition coefficient (Wildman–Crippen LogP) is 2.03. The van der Waals surface area contributed by atoms with Crippen molar-refractivity contribution in [2.75, 3.05) is 19.6 Å². The molecule has 2 heterocycles. The van der Waals surface area contributed by atoms with Crippen molar-refractivity contribution < 1.29 is 9.59 Å². The molecule has 0 bridgehead atoms. The number of carbonyl (C=O) groups excluding carboxylic acids is 2. The Hall–Kier alpha value is -1.11. The summed E-state index contributed by atoms with van der Waals surface area (Å²) >= 11 is 2.20. The van der Waals surface area contributed by atoms with Gasteiger partial charge < -0.3 is 10.2 Å².